The Balaban J connectivity index is 1.96. The third kappa shape index (κ3) is 2.24. The van der Waals surface area contributed by atoms with Gasteiger partial charge in [0.1, 0.15) is 6.04 Å². The lowest BCUT2D eigenvalue weighted by molar-refractivity contribution is -0.364. The van der Waals surface area contributed by atoms with Crippen LogP contribution in [0.1, 0.15) is 18.0 Å². The van der Waals surface area contributed by atoms with Gasteiger partial charge in [-0.05, 0) is 17.2 Å². The van der Waals surface area contributed by atoms with Gasteiger partial charge in [-0.2, -0.15) is 0 Å². The average Bonchev–Trinajstić information content (AvgIpc) is 2.73. The molecule has 1 aromatic rings. The molecule has 2 saturated heterocycles. The first-order chi connectivity index (χ1) is 13.5. The molecule has 1 spiro atoms. The molecule has 0 amide bonds. The van der Waals surface area contributed by atoms with Crippen molar-refractivity contribution in [3.8, 4) is 0 Å². The summed E-state index contributed by atoms with van der Waals surface area (Å²) in [5.41, 5.74) is -0.340. The van der Waals surface area contributed by atoms with Crippen LogP contribution in [0.3, 0.4) is 0 Å². The summed E-state index contributed by atoms with van der Waals surface area (Å²) in [6.07, 6.45) is 9.42. The van der Waals surface area contributed by atoms with Gasteiger partial charge in [-0.15, -0.1) is 0 Å². The monoisotopic (exact) mass is 379 g/mol. The van der Waals surface area contributed by atoms with Crippen molar-refractivity contribution in [2.75, 3.05) is 14.2 Å². The molecule has 6 heteroatoms. The van der Waals surface area contributed by atoms with Gasteiger partial charge in [0.2, 0.25) is 0 Å². The molecule has 144 valence electrons. The van der Waals surface area contributed by atoms with Crippen molar-refractivity contribution in [3.05, 3.63) is 84.1 Å². The molecule has 28 heavy (non-hydrogen) atoms. The second-order valence-corrected chi connectivity index (χ2v) is 7.01. The quantitative estimate of drug-likeness (QED) is 0.594. The summed E-state index contributed by atoms with van der Waals surface area (Å²) in [5.74, 6) is -1.32. The maximum Gasteiger partial charge on any atom is 0.325 e. The number of hydrogen-bond donors (Lipinski definition) is 0. The molecule has 0 unspecified atom stereocenters. The standard InChI is InChI=1S/C22H21NO5/c1-15-10-6-4-9-13-17-22(15)14-21(19(24)26-2,20(25)27-3)18(23(17)28-22)16-11-7-5-8-12-16/h4-13,18H,1,14H2,2-3H3/b9-4-,10-6-,17-13+/t18-,22+/m0/s1. The maximum absolute atomic E-state index is 13.1. The van der Waals surface area contributed by atoms with Gasteiger partial charge in [-0.3, -0.25) is 14.4 Å². The van der Waals surface area contributed by atoms with Crippen LogP contribution in [-0.2, 0) is 23.9 Å². The number of carbonyl (C=O) groups excluding carboxylic acids is 2. The van der Waals surface area contributed by atoms with Crippen LogP contribution >= 0.6 is 0 Å². The molecular weight excluding hydrogens is 358 g/mol. The van der Waals surface area contributed by atoms with Crippen LogP contribution in [0.25, 0.3) is 0 Å². The van der Waals surface area contributed by atoms with Gasteiger partial charge < -0.3 is 9.47 Å². The molecule has 1 aromatic carbocycles. The number of fused-ring (bicyclic) bond motifs is 2. The van der Waals surface area contributed by atoms with Gasteiger partial charge >= 0.3 is 11.9 Å². The molecule has 6 nitrogen and oxygen atoms in total. The van der Waals surface area contributed by atoms with Gasteiger partial charge in [-0.1, -0.05) is 61.2 Å². The number of allylic oxidation sites excluding steroid dienone is 4. The van der Waals surface area contributed by atoms with Gasteiger partial charge in [0.25, 0.3) is 0 Å². The molecule has 2 aliphatic heterocycles. The lowest BCUT2D eigenvalue weighted by Crippen LogP contribution is -2.72. The van der Waals surface area contributed by atoms with Gasteiger partial charge in [0, 0.05) is 6.42 Å². The highest BCUT2D eigenvalue weighted by atomic mass is 16.7. The summed E-state index contributed by atoms with van der Waals surface area (Å²) >= 11 is 0. The molecule has 3 aliphatic rings. The Kier molecular flexibility index (Phi) is 4.23. The number of benzene rings is 1. The minimum Gasteiger partial charge on any atom is -0.468 e. The van der Waals surface area contributed by atoms with Crippen LogP contribution in [-0.4, -0.2) is 36.8 Å². The van der Waals surface area contributed by atoms with Crippen molar-refractivity contribution in [3.63, 3.8) is 0 Å². The Morgan fingerprint density at radius 3 is 2.43 bits per heavy atom. The van der Waals surface area contributed by atoms with Gasteiger partial charge in [-0.25, -0.2) is 5.06 Å². The number of methoxy groups -OCH3 is 2. The van der Waals surface area contributed by atoms with Crippen molar-refractivity contribution < 1.29 is 23.9 Å². The molecule has 2 fully saturated rings. The molecular formula is C22H21NO5. The van der Waals surface area contributed by atoms with Crippen molar-refractivity contribution in [2.24, 2.45) is 5.41 Å². The largest absolute Gasteiger partial charge is 0.468 e. The average molecular weight is 379 g/mol. The van der Waals surface area contributed by atoms with Crippen LogP contribution in [0.15, 0.2) is 78.6 Å². The smallest absolute Gasteiger partial charge is 0.325 e. The number of esters is 2. The minimum atomic E-state index is -1.60. The Bertz CT molecular complexity index is 914. The first-order valence-corrected chi connectivity index (χ1v) is 8.96. The fourth-order valence-corrected chi connectivity index (χ4v) is 4.34. The van der Waals surface area contributed by atoms with Crippen molar-refractivity contribution in [1.82, 2.24) is 5.06 Å². The molecule has 2 atom stereocenters. The number of piperidine rings is 1. The molecule has 0 saturated carbocycles. The summed E-state index contributed by atoms with van der Waals surface area (Å²) in [6.45, 7) is 4.13. The van der Waals surface area contributed by atoms with E-state index in [1.807, 2.05) is 60.7 Å². The van der Waals surface area contributed by atoms with E-state index in [-0.39, 0.29) is 6.42 Å². The number of nitrogens with zero attached hydrogens (tertiary/aromatic N) is 1. The van der Waals surface area contributed by atoms with Crippen LogP contribution < -0.4 is 0 Å². The molecule has 1 aliphatic carbocycles. The molecule has 0 N–H and O–H groups in total. The Morgan fingerprint density at radius 1 is 1.11 bits per heavy atom. The number of ether oxygens (including phenoxy) is 2. The van der Waals surface area contributed by atoms with E-state index in [4.69, 9.17) is 14.3 Å². The summed E-state index contributed by atoms with van der Waals surface area (Å²) in [7, 11) is 2.55. The van der Waals surface area contributed by atoms with E-state index in [0.29, 0.717) is 5.57 Å². The van der Waals surface area contributed by atoms with Gasteiger partial charge in [0.05, 0.1) is 19.9 Å². The van der Waals surface area contributed by atoms with Crippen LogP contribution in [0.5, 0.6) is 0 Å². The molecule has 2 heterocycles. The Morgan fingerprint density at radius 2 is 1.79 bits per heavy atom. The molecule has 4 rings (SSSR count). The zero-order valence-corrected chi connectivity index (χ0v) is 15.8. The fraction of sp³-hybridized carbons (Fsp3) is 0.273. The molecule has 0 aromatic heterocycles. The van der Waals surface area contributed by atoms with E-state index in [9.17, 15) is 9.59 Å². The second-order valence-electron chi connectivity index (χ2n) is 7.01. The lowest BCUT2D eigenvalue weighted by atomic mass is 9.61. The van der Waals surface area contributed by atoms with E-state index < -0.39 is 29.0 Å². The van der Waals surface area contributed by atoms with E-state index in [1.165, 1.54) is 14.2 Å². The first-order valence-electron chi connectivity index (χ1n) is 8.96. The van der Waals surface area contributed by atoms with Crippen molar-refractivity contribution in [1.29, 1.82) is 0 Å². The van der Waals surface area contributed by atoms with E-state index in [2.05, 4.69) is 6.58 Å². The van der Waals surface area contributed by atoms with E-state index in [0.717, 1.165) is 11.3 Å². The highest BCUT2D eigenvalue weighted by Gasteiger charge is 2.73. The number of hydroxylamine groups is 2. The molecule has 2 bridgehead atoms. The topological polar surface area (TPSA) is 65.1 Å². The Labute approximate surface area is 163 Å². The van der Waals surface area contributed by atoms with Gasteiger partial charge in [0.15, 0.2) is 11.0 Å². The second kappa shape index (κ2) is 6.49. The maximum atomic E-state index is 13.1. The number of carbonyl (C=O) groups is 2. The fourth-order valence-electron chi connectivity index (χ4n) is 4.34. The predicted octanol–water partition coefficient (Wildman–Crippen LogP) is 3.02. The summed E-state index contributed by atoms with van der Waals surface area (Å²) in [4.78, 5) is 32.4. The Hall–Kier alpha value is -3.12. The minimum absolute atomic E-state index is 0.0399. The van der Waals surface area contributed by atoms with Crippen molar-refractivity contribution >= 4 is 11.9 Å². The van der Waals surface area contributed by atoms with E-state index in [1.54, 1.807) is 5.06 Å². The number of hydrogen-bond acceptors (Lipinski definition) is 6. The predicted molar refractivity (Wildman–Crippen MR) is 101 cm³/mol. The molecule has 0 radical (unpaired) electrons. The normalized spacial score (nSPS) is 31.1. The lowest BCUT2D eigenvalue weighted by Gasteiger charge is -2.64. The first kappa shape index (κ1) is 18.3. The van der Waals surface area contributed by atoms with Crippen LogP contribution in [0.4, 0.5) is 0 Å². The van der Waals surface area contributed by atoms with Crippen LogP contribution in [0, 0.1) is 5.41 Å². The van der Waals surface area contributed by atoms with Crippen LogP contribution in [0.2, 0.25) is 0 Å². The third-order valence-corrected chi connectivity index (χ3v) is 5.64. The SMILES string of the molecule is C=C1\C=C/C=C\C=C2\N3O[C@]12CC(C(=O)OC)(C(=O)OC)[C@@H]3c1ccccc1. The zero-order valence-electron chi connectivity index (χ0n) is 15.8. The van der Waals surface area contributed by atoms with E-state index >= 15 is 0 Å². The highest BCUT2D eigenvalue weighted by molar-refractivity contribution is 6.02. The third-order valence-electron chi connectivity index (χ3n) is 5.64. The summed E-state index contributed by atoms with van der Waals surface area (Å²) < 4.78 is 10.2. The number of rotatable bonds is 3. The zero-order chi connectivity index (χ0) is 19.9. The highest BCUT2D eigenvalue weighted by Crippen LogP contribution is 2.64. The summed E-state index contributed by atoms with van der Waals surface area (Å²) in [6, 6.07) is 8.55. The van der Waals surface area contributed by atoms with Crippen molar-refractivity contribution in [2.45, 2.75) is 18.1 Å². The summed E-state index contributed by atoms with van der Waals surface area (Å²) in [5, 5.41) is 1.61.